The third kappa shape index (κ3) is 3.39. The summed E-state index contributed by atoms with van der Waals surface area (Å²) in [5, 5.41) is 12.1. The van der Waals surface area contributed by atoms with Gasteiger partial charge in [0, 0.05) is 23.4 Å². The number of ether oxygens (including phenoxy) is 2. The van der Waals surface area contributed by atoms with E-state index in [1.807, 2.05) is 30.3 Å². The van der Waals surface area contributed by atoms with Crippen molar-refractivity contribution in [1.82, 2.24) is 9.71 Å². The lowest BCUT2D eigenvalue weighted by Gasteiger charge is -2.12. The number of benzene rings is 2. The van der Waals surface area contributed by atoms with Gasteiger partial charge in [-0.2, -0.15) is 0 Å². The van der Waals surface area contributed by atoms with Gasteiger partial charge in [0.15, 0.2) is 0 Å². The molecule has 0 aliphatic rings. The maximum absolute atomic E-state index is 11.5. The van der Waals surface area contributed by atoms with Gasteiger partial charge >= 0.3 is 5.69 Å². The standard InChI is InChI=1S/C18H17N3O5/c1-25-13-6-7-14(15(9-13)26-2)11-4-3-5-12(8-11)19-16-10-17(22)21(24)18(23)20-16/h3-10,19,24H,1-2H3,(H,20,23). The van der Waals surface area contributed by atoms with Gasteiger partial charge in [0.2, 0.25) is 0 Å². The van der Waals surface area contributed by atoms with Crippen LogP contribution in [0.25, 0.3) is 11.1 Å². The van der Waals surface area contributed by atoms with Crippen LogP contribution in [0, 0.1) is 0 Å². The van der Waals surface area contributed by atoms with E-state index in [0.717, 1.165) is 17.2 Å². The fourth-order valence-corrected chi connectivity index (χ4v) is 2.51. The molecule has 0 saturated carbocycles. The molecule has 1 heterocycles. The summed E-state index contributed by atoms with van der Waals surface area (Å²) in [4.78, 5) is 25.3. The lowest BCUT2D eigenvalue weighted by Crippen LogP contribution is -2.33. The summed E-state index contributed by atoms with van der Waals surface area (Å²) in [6.07, 6.45) is 0. The Hall–Kier alpha value is -3.68. The van der Waals surface area contributed by atoms with Gasteiger partial charge in [-0.1, -0.05) is 16.9 Å². The Morgan fingerprint density at radius 2 is 1.85 bits per heavy atom. The summed E-state index contributed by atoms with van der Waals surface area (Å²) in [6.45, 7) is 0. The molecule has 0 radical (unpaired) electrons. The molecule has 0 fully saturated rings. The minimum atomic E-state index is -0.923. The van der Waals surface area contributed by atoms with Crippen molar-refractivity contribution in [2.45, 2.75) is 0 Å². The van der Waals surface area contributed by atoms with Gasteiger partial charge in [-0.3, -0.25) is 9.78 Å². The quantitative estimate of drug-likeness (QED) is 0.606. The lowest BCUT2D eigenvalue weighted by atomic mass is 10.0. The number of hydrogen-bond donors (Lipinski definition) is 3. The third-order valence-corrected chi connectivity index (χ3v) is 3.77. The van der Waals surface area contributed by atoms with Crippen molar-refractivity contribution in [3.05, 3.63) is 69.4 Å². The van der Waals surface area contributed by atoms with Crippen molar-refractivity contribution in [3.63, 3.8) is 0 Å². The molecule has 8 heteroatoms. The molecule has 3 aromatic rings. The molecule has 2 aromatic carbocycles. The van der Waals surface area contributed by atoms with Gasteiger partial charge in [-0.25, -0.2) is 4.79 Å². The highest BCUT2D eigenvalue weighted by molar-refractivity contribution is 5.75. The molecule has 0 spiro atoms. The number of nitrogens with one attached hydrogen (secondary N) is 2. The zero-order chi connectivity index (χ0) is 18.7. The normalized spacial score (nSPS) is 10.4. The van der Waals surface area contributed by atoms with Crippen LogP contribution in [0.1, 0.15) is 0 Å². The fourth-order valence-electron chi connectivity index (χ4n) is 2.51. The number of rotatable bonds is 5. The first-order chi connectivity index (χ1) is 12.5. The van der Waals surface area contributed by atoms with Crippen molar-refractivity contribution in [2.24, 2.45) is 0 Å². The van der Waals surface area contributed by atoms with Crippen LogP contribution in [0.3, 0.4) is 0 Å². The summed E-state index contributed by atoms with van der Waals surface area (Å²) < 4.78 is 10.6. The highest BCUT2D eigenvalue weighted by Gasteiger charge is 2.09. The van der Waals surface area contributed by atoms with Crippen LogP contribution in [0.5, 0.6) is 11.5 Å². The van der Waals surface area contributed by atoms with Crippen molar-refractivity contribution < 1.29 is 14.7 Å². The molecule has 134 valence electrons. The van der Waals surface area contributed by atoms with Gasteiger partial charge in [0.25, 0.3) is 5.56 Å². The number of methoxy groups -OCH3 is 2. The number of anilines is 2. The summed E-state index contributed by atoms with van der Waals surface area (Å²) in [5.41, 5.74) is 0.617. The van der Waals surface area contributed by atoms with E-state index in [4.69, 9.17) is 9.47 Å². The second kappa shape index (κ2) is 7.06. The monoisotopic (exact) mass is 355 g/mol. The molecule has 26 heavy (non-hydrogen) atoms. The van der Waals surface area contributed by atoms with E-state index in [1.165, 1.54) is 0 Å². The number of aromatic amines is 1. The average molecular weight is 355 g/mol. The average Bonchev–Trinajstić information content (AvgIpc) is 2.65. The first-order valence-electron chi connectivity index (χ1n) is 7.67. The van der Waals surface area contributed by atoms with Crippen LogP contribution < -0.4 is 26.0 Å². The van der Waals surface area contributed by atoms with E-state index in [0.29, 0.717) is 17.2 Å². The second-order valence-corrected chi connectivity index (χ2v) is 5.41. The minimum Gasteiger partial charge on any atom is -0.497 e. The Labute approximate surface area is 148 Å². The number of nitrogens with zero attached hydrogens (tertiary/aromatic N) is 1. The third-order valence-electron chi connectivity index (χ3n) is 3.77. The molecule has 1 aromatic heterocycles. The Morgan fingerprint density at radius 1 is 1.04 bits per heavy atom. The molecular weight excluding hydrogens is 338 g/mol. The summed E-state index contributed by atoms with van der Waals surface area (Å²) in [7, 11) is 3.16. The SMILES string of the molecule is COc1ccc(-c2cccc(Nc3cc(=O)n(O)c(=O)[nH]3)c2)c(OC)c1. The number of hydrogen-bond acceptors (Lipinski definition) is 6. The summed E-state index contributed by atoms with van der Waals surface area (Å²) >= 11 is 0. The van der Waals surface area contributed by atoms with Crippen molar-refractivity contribution in [1.29, 1.82) is 0 Å². The zero-order valence-electron chi connectivity index (χ0n) is 14.1. The van der Waals surface area contributed by atoms with E-state index in [9.17, 15) is 14.8 Å². The summed E-state index contributed by atoms with van der Waals surface area (Å²) in [6, 6.07) is 13.9. The van der Waals surface area contributed by atoms with Gasteiger partial charge in [0.1, 0.15) is 17.3 Å². The Balaban J connectivity index is 1.97. The van der Waals surface area contributed by atoms with Gasteiger partial charge < -0.3 is 20.0 Å². The molecule has 0 bridgehead atoms. The van der Waals surface area contributed by atoms with Gasteiger partial charge in [0.05, 0.1) is 14.2 Å². The number of aromatic nitrogens is 2. The molecular formula is C18H17N3O5. The maximum Gasteiger partial charge on any atom is 0.363 e. The van der Waals surface area contributed by atoms with E-state index in [2.05, 4.69) is 10.3 Å². The van der Waals surface area contributed by atoms with Crippen LogP contribution in [0.15, 0.2) is 58.1 Å². The van der Waals surface area contributed by atoms with E-state index >= 15 is 0 Å². The molecule has 8 nitrogen and oxygen atoms in total. The van der Waals surface area contributed by atoms with Crippen LogP contribution in [-0.2, 0) is 0 Å². The smallest absolute Gasteiger partial charge is 0.363 e. The Kier molecular flexibility index (Phi) is 4.66. The van der Waals surface area contributed by atoms with Crippen molar-refractivity contribution in [3.8, 4) is 22.6 Å². The fraction of sp³-hybridized carbons (Fsp3) is 0.111. The van der Waals surface area contributed by atoms with E-state index in [-0.39, 0.29) is 10.5 Å². The van der Waals surface area contributed by atoms with Crippen molar-refractivity contribution in [2.75, 3.05) is 19.5 Å². The lowest BCUT2D eigenvalue weighted by molar-refractivity contribution is 0.160. The molecule has 0 aliphatic carbocycles. The summed E-state index contributed by atoms with van der Waals surface area (Å²) in [5.74, 6) is 1.50. The van der Waals surface area contributed by atoms with Gasteiger partial charge in [-0.15, -0.1) is 0 Å². The van der Waals surface area contributed by atoms with Crippen molar-refractivity contribution >= 4 is 11.5 Å². The molecule has 0 unspecified atom stereocenters. The van der Waals surface area contributed by atoms with E-state index in [1.54, 1.807) is 26.4 Å². The molecule has 0 atom stereocenters. The molecule has 0 amide bonds. The molecule has 3 rings (SSSR count). The van der Waals surface area contributed by atoms with Crippen LogP contribution >= 0.6 is 0 Å². The first kappa shape index (κ1) is 17.2. The topological polar surface area (TPSA) is 106 Å². The second-order valence-electron chi connectivity index (χ2n) is 5.41. The molecule has 0 aliphatic heterocycles. The maximum atomic E-state index is 11.5. The zero-order valence-corrected chi connectivity index (χ0v) is 14.1. The highest BCUT2D eigenvalue weighted by atomic mass is 16.5. The highest BCUT2D eigenvalue weighted by Crippen LogP contribution is 2.34. The van der Waals surface area contributed by atoms with E-state index < -0.39 is 11.2 Å². The first-order valence-corrected chi connectivity index (χ1v) is 7.67. The predicted molar refractivity (Wildman–Crippen MR) is 96.8 cm³/mol. The minimum absolute atomic E-state index is 0.00379. The molecule has 3 N–H and O–H groups in total. The van der Waals surface area contributed by atoms with Crippen LogP contribution in [0.2, 0.25) is 0 Å². The largest absolute Gasteiger partial charge is 0.497 e. The van der Waals surface area contributed by atoms with Crippen LogP contribution in [-0.4, -0.2) is 29.1 Å². The predicted octanol–water partition coefficient (Wildman–Crippen LogP) is 2.20. The van der Waals surface area contributed by atoms with Crippen LogP contribution in [0.4, 0.5) is 11.5 Å². The van der Waals surface area contributed by atoms with Gasteiger partial charge in [-0.05, 0) is 29.8 Å². The molecule has 0 saturated heterocycles. The Bertz CT molecular complexity index is 1020. The number of H-pyrrole nitrogens is 1. The Morgan fingerprint density at radius 3 is 2.54 bits per heavy atom.